The number of hydrogen-bond acceptors (Lipinski definition) is 2. The van der Waals surface area contributed by atoms with Crippen molar-refractivity contribution in [1.82, 2.24) is 16.2 Å². The number of nitrogens with one attached hydrogen (secondary N) is 3. The average molecular weight is 494 g/mol. The highest BCUT2D eigenvalue weighted by molar-refractivity contribution is 7.80. The molecule has 0 aromatic rings. The van der Waals surface area contributed by atoms with Crippen LogP contribution in [0.15, 0.2) is 0 Å². The van der Waals surface area contributed by atoms with Gasteiger partial charge in [0, 0.05) is 11.3 Å². The molecule has 1 aliphatic heterocycles. The van der Waals surface area contributed by atoms with Crippen LogP contribution < -0.4 is 16.2 Å². The Morgan fingerprint density at radius 1 is 1.00 bits per heavy atom. The van der Waals surface area contributed by atoms with E-state index in [0.717, 1.165) is 47.0 Å². The van der Waals surface area contributed by atoms with Crippen molar-refractivity contribution in [2.75, 3.05) is 0 Å². The molecule has 0 radical (unpaired) electrons. The summed E-state index contributed by atoms with van der Waals surface area (Å²) in [5.74, 6) is 5.61. The van der Waals surface area contributed by atoms with Gasteiger partial charge in [0.2, 0.25) is 0 Å². The van der Waals surface area contributed by atoms with Crippen LogP contribution >= 0.6 is 23.8 Å². The van der Waals surface area contributed by atoms with Crippen LogP contribution in [-0.2, 0) is 0 Å². The van der Waals surface area contributed by atoms with Gasteiger partial charge >= 0.3 is 0 Å². The van der Waals surface area contributed by atoms with Gasteiger partial charge in [-0.3, -0.25) is 5.43 Å². The summed E-state index contributed by atoms with van der Waals surface area (Å²) in [5, 5.41) is 4.83. The lowest BCUT2D eigenvalue weighted by Crippen LogP contribution is -2.70. The lowest BCUT2D eigenvalue weighted by atomic mass is 9.42. The lowest BCUT2D eigenvalue weighted by Gasteiger charge is -2.65. The van der Waals surface area contributed by atoms with E-state index < -0.39 is 0 Å². The maximum absolute atomic E-state index is 6.79. The number of alkyl halides is 1. The van der Waals surface area contributed by atoms with Gasteiger partial charge in [-0.25, -0.2) is 5.43 Å². The van der Waals surface area contributed by atoms with E-state index in [9.17, 15) is 0 Å². The number of hydrazine groups is 1. The molecule has 4 aliphatic carbocycles. The molecule has 1 saturated heterocycles. The first-order valence-electron chi connectivity index (χ1n) is 14.1. The van der Waals surface area contributed by atoms with Gasteiger partial charge in [0.05, 0.1) is 0 Å². The summed E-state index contributed by atoms with van der Waals surface area (Å²) in [7, 11) is 0. The van der Waals surface area contributed by atoms with Crippen LogP contribution in [0, 0.1) is 52.3 Å². The highest BCUT2D eigenvalue weighted by Crippen LogP contribution is 2.69. The quantitative estimate of drug-likeness (QED) is 0.284. The molecule has 5 heteroatoms. The molecule has 5 rings (SSSR count). The van der Waals surface area contributed by atoms with E-state index in [-0.39, 0.29) is 5.66 Å². The Kier molecular flexibility index (Phi) is 6.57. The topological polar surface area (TPSA) is 36.1 Å². The van der Waals surface area contributed by atoms with Crippen LogP contribution in [-0.4, -0.2) is 16.2 Å². The second-order valence-corrected chi connectivity index (χ2v) is 14.7. The minimum Gasteiger partial charge on any atom is -0.342 e. The van der Waals surface area contributed by atoms with Crippen molar-refractivity contribution < 1.29 is 0 Å². The van der Waals surface area contributed by atoms with Gasteiger partial charge in [-0.15, -0.1) is 11.6 Å². The largest absolute Gasteiger partial charge is 0.342 e. The fourth-order valence-electron chi connectivity index (χ4n) is 10.1. The molecule has 10 atom stereocenters. The van der Waals surface area contributed by atoms with Crippen LogP contribution in [0.4, 0.5) is 0 Å². The van der Waals surface area contributed by atoms with Gasteiger partial charge in [0.1, 0.15) is 5.66 Å². The second-order valence-electron chi connectivity index (χ2n) is 13.7. The third kappa shape index (κ3) is 3.97. The van der Waals surface area contributed by atoms with Crippen LogP contribution in [0.5, 0.6) is 0 Å². The van der Waals surface area contributed by atoms with Crippen molar-refractivity contribution in [2.45, 2.75) is 116 Å². The second kappa shape index (κ2) is 8.80. The first-order valence-corrected chi connectivity index (χ1v) is 14.9. The van der Waals surface area contributed by atoms with Gasteiger partial charge in [0.15, 0.2) is 5.11 Å². The summed E-state index contributed by atoms with van der Waals surface area (Å²) in [5.41, 5.74) is 7.73. The molecule has 1 heterocycles. The van der Waals surface area contributed by atoms with E-state index in [1.54, 1.807) is 0 Å². The molecule has 3 nitrogen and oxygen atoms in total. The fourth-order valence-corrected chi connectivity index (χ4v) is 10.7. The maximum Gasteiger partial charge on any atom is 0.182 e. The number of halogens is 1. The summed E-state index contributed by atoms with van der Waals surface area (Å²) in [6, 6.07) is 0. The molecule has 0 aromatic carbocycles. The number of thiocarbonyl (C=S) groups is 1. The minimum absolute atomic E-state index is 0.125. The molecule has 1 unspecified atom stereocenters. The summed E-state index contributed by atoms with van der Waals surface area (Å²) in [6.45, 7) is 12.6. The summed E-state index contributed by atoms with van der Waals surface area (Å²) < 4.78 is 0. The van der Waals surface area contributed by atoms with E-state index in [4.69, 9.17) is 23.8 Å². The normalized spacial score (nSPS) is 49.8. The zero-order chi connectivity index (χ0) is 23.6. The molecule has 33 heavy (non-hydrogen) atoms. The predicted octanol–water partition coefficient (Wildman–Crippen LogP) is 7.00. The zero-order valence-electron chi connectivity index (χ0n) is 21.7. The number of rotatable bonds is 5. The minimum atomic E-state index is -0.125. The highest BCUT2D eigenvalue weighted by Gasteiger charge is 2.67. The van der Waals surface area contributed by atoms with Crippen LogP contribution in [0.25, 0.3) is 0 Å². The smallest absolute Gasteiger partial charge is 0.182 e. The molecular weight excluding hydrogens is 446 g/mol. The third-order valence-electron chi connectivity index (χ3n) is 11.7. The molecule has 188 valence electrons. The van der Waals surface area contributed by atoms with Crippen LogP contribution in [0.2, 0.25) is 0 Å². The Labute approximate surface area is 213 Å². The molecule has 4 saturated carbocycles. The molecule has 5 aliphatic rings. The lowest BCUT2D eigenvalue weighted by molar-refractivity contribution is -0.154. The fraction of sp³-hybridized carbons (Fsp3) is 0.964. The Bertz CT molecular complexity index is 759. The molecule has 3 N–H and O–H groups in total. The van der Waals surface area contributed by atoms with Gasteiger partial charge < -0.3 is 5.32 Å². The summed E-state index contributed by atoms with van der Waals surface area (Å²) >= 11 is 12.4. The molecule has 0 amide bonds. The summed E-state index contributed by atoms with van der Waals surface area (Å²) in [4.78, 5) is 0. The summed E-state index contributed by atoms with van der Waals surface area (Å²) in [6.07, 6.45) is 14.7. The van der Waals surface area contributed by atoms with Crippen molar-refractivity contribution in [3.05, 3.63) is 0 Å². The van der Waals surface area contributed by atoms with E-state index in [1.807, 2.05) is 0 Å². The van der Waals surface area contributed by atoms with Crippen molar-refractivity contribution in [3.63, 3.8) is 0 Å². The van der Waals surface area contributed by atoms with Crippen LogP contribution in [0.1, 0.15) is 105 Å². The van der Waals surface area contributed by atoms with E-state index >= 15 is 0 Å². The van der Waals surface area contributed by atoms with Crippen LogP contribution in [0.3, 0.4) is 0 Å². The first kappa shape index (κ1) is 24.6. The van der Waals surface area contributed by atoms with E-state index in [1.165, 1.54) is 64.2 Å². The Morgan fingerprint density at radius 3 is 2.42 bits per heavy atom. The standard InChI is InChI=1S/C28H48ClN3S/c1-17(2)7-6-8-18(3)21-9-10-22-20-16-28(30-25(33)31-32-28)24-15-19(29)11-13-27(24,5)23(20)12-14-26(21,22)4/h17-24,32H,6-16H2,1-5H3,(H2,30,31,33)/t18-,19+,20+,21-,22+,23+,24+,26-,27-,28?/m1/s1. The Balaban J connectivity index is 1.41. The van der Waals surface area contributed by atoms with Crippen molar-refractivity contribution in [2.24, 2.45) is 52.3 Å². The predicted molar refractivity (Wildman–Crippen MR) is 143 cm³/mol. The highest BCUT2D eigenvalue weighted by atomic mass is 35.5. The molecular formula is C28H48ClN3S. The SMILES string of the molecule is CC(C)CCC[C@@H](C)[C@H]1CC[C@H]2[C@@H]3CC4(NNC(=S)N4)[C@H]4C[C@@H](Cl)CC[C@]4(C)[C@H]3CC[C@]12C. The number of fused-ring (bicyclic) bond motifs is 6. The van der Waals surface area contributed by atoms with Gasteiger partial charge in [-0.05, 0) is 110 Å². The maximum atomic E-state index is 6.79. The van der Waals surface area contributed by atoms with E-state index in [2.05, 4.69) is 50.8 Å². The molecule has 0 aromatic heterocycles. The van der Waals surface area contributed by atoms with Crippen molar-refractivity contribution >= 4 is 28.9 Å². The molecule has 0 bridgehead atoms. The molecule has 1 spiro atoms. The van der Waals surface area contributed by atoms with Crippen molar-refractivity contribution in [1.29, 1.82) is 0 Å². The van der Waals surface area contributed by atoms with E-state index in [0.29, 0.717) is 22.1 Å². The van der Waals surface area contributed by atoms with Gasteiger partial charge in [-0.2, -0.15) is 0 Å². The van der Waals surface area contributed by atoms with Gasteiger partial charge in [-0.1, -0.05) is 53.9 Å². The number of hydrogen-bond donors (Lipinski definition) is 3. The average Bonchev–Trinajstić information content (AvgIpc) is 3.29. The third-order valence-corrected chi connectivity index (χ3v) is 12.3. The van der Waals surface area contributed by atoms with Crippen molar-refractivity contribution in [3.8, 4) is 0 Å². The molecule has 5 fully saturated rings. The van der Waals surface area contributed by atoms with Gasteiger partial charge in [0.25, 0.3) is 0 Å². The zero-order valence-corrected chi connectivity index (χ0v) is 23.3. The first-order chi connectivity index (χ1) is 15.6. The monoisotopic (exact) mass is 493 g/mol. The Hall–Kier alpha value is -0.0600. The Morgan fingerprint density at radius 2 is 1.73 bits per heavy atom.